The first kappa shape index (κ1) is 12.9. The molecular formula is C12H14N2O2S2. The van der Waals surface area contributed by atoms with Gasteiger partial charge in [-0.05, 0) is 43.7 Å². The zero-order valence-corrected chi connectivity index (χ0v) is 11.7. The van der Waals surface area contributed by atoms with Crippen molar-refractivity contribution < 1.29 is 8.42 Å². The number of nitrogens with one attached hydrogen (secondary N) is 1. The summed E-state index contributed by atoms with van der Waals surface area (Å²) in [5, 5.41) is 0. The lowest BCUT2D eigenvalue weighted by molar-refractivity contribution is 0.603. The number of benzene rings is 1. The summed E-state index contributed by atoms with van der Waals surface area (Å²) in [7, 11) is -3.54. The molecule has 0 radical (unpaired) electrons. The van der Waals surface area contributed by atoms with Crippen LogP contribution >= 0.6 is 11.3 Å². The van der Waals surface area contributed by atoms with Gasteiger partial charge >= 0.3 is 0 Å². The van der Waals surface area contributed by atoms with Crippen LogP contribution in [0.1, 0.15) is 10.4 Å². The number of rotatable bonds is 3. The van der Waals surface area contributed by atoms with Crippen LogP contribution in [0.3, 0.4) is 0 Å². The average Bonchev–Trinajstić information content (AvgIpc) is 2.70. The highest BCUT2D eigenvalue weighted by molar-refractivity contribution is 7.94. The summed E-state index contributed by atoms with van der Waals surface area (Å²) < 4.78 is 27.0. The molecule has 4 nitrogen and oxygen atoms in total. The third kappa shape index (κ3) is 2.65. The van der Waals surface area contributed by atoms with E-state index in [0.717, 1.165) is 10.4 Å². The quantitative estimate of drug-likeness (QED) is 0.850. The standard InChI is InChI=1S/C12H14N2O2S2/c1-8-3-5-11(10(13)7-8)14-18(15,16)12-6-4-9(2)17-12/h3-7,14H,13H2,1-2H3. The minimum Gasteiger partial charge on any atom is -0.397 e. The third-order valence-electron chi connectivity index (χ3n) is 2.43. The molecular weight excluding hydrogens is 268 g/mol. The Hall–Kier alpha value is -1.53. The van der Waals surface area contributed by atoms with Gasteiger partial charge in [-0.1, -0.05) is 6.07 Å². The molecule has 0 atom stereocenters. The van der Waals surface area contributed by atoms with Gasteiger partial charge in [-0.2, -0.15) is 0 Å². The summed E-state index contributed by atoms with van der Waals surface area (Å²) in [6.07, 6.45) is 0. The molecule has 0 aliphatic carbocycles. The molecule has 0 fully saturated rings. The lowest BCUT2D eigenvalue weighted by atomic mass is 10.2. The Morgan fingerprint density at radius 1 is 1.17 bits per heavy atom. The largest absolute Gasteiger partial charge is 0.397 e. The van der Waals surface area contributed by atoms with Crippen molar-refractivity contribution in [2.45, 2.75) is 18.1 Å². The molecule has 0 aliphatic heterocycles. The lowest BCUT2D eigenvalue weighted by Crippen LogP contribution is -2.12. The van der Waals surface area contributed by atoms with Gasteiger partial charge in [0.1, 0.15) is 4.21 Å². The van der Waals surface area contributed by atoms with Crippen molar-refractivity contribution in [2.75, 3.05) is 10.5 Å². The Kier molecular flexibility index (Phi) is 3.32. The van der Waals surface area contributed by atoms with Crippen molar-refractivity contribution >= 4 is 32.7 Å². The van der Waals surface area contributed by atoms with Crippen LogP contribution in [0.15, 0.2) is 34.5 Å². The van der Waals surface area contributed by atoms with E-state index in [1.54, 1.807) is 24.3 Å². The zero-order chi connectivity index (χ0) is 13.3. The Morgan fingerprint density at radius 3 is 2.44 bits per heavy atom. The fraction of sp³-hybridized carbons (Fsp3) is 0.167. The van der Waals surface area contributed by atoms with Crippen LogP contribution in [-0.2, 0) is 10.0 Å². The van der Waals surface area contributed by atoms with Gasteiger partial charge in [0.2, 0.25) is 0 Å². The molecule has 0 aliphatic rings. The van der Waals surface area contributed by atoms with Crippen LogP contribution in [0, 0.1) is 13.8 Å². The number of aryl methyl sites for hydroxylation is 2. The Balaban J connectivity index is 2.33. The van der Waals surface area contributed by atoms with Gasteiger partial charge in [0.15, 0.2) is 0 Å². The van der Waals surface area contributed by atoms with Crippen LogP contribution in [0.25, 0.3) is 0 Å². The molecule has 0 unspecified atom stereocenters. The topological polar surface area (TPSA) is 72.2 Å². The van der Waals surface area contributed by atoms with E-state index in [1.165, 1.54) is 11.3 Å². The summed E-state index contributed by atoms with van der Waals surface area (Å²) in [5.41, 5.74) is 7.61. The third-order valence-corrected chi connectivity index (χ3v) is 5.29. The monoisotopic (exact) mass is 282 g/mol. The van der Waals surface area contributed by atoms with E-state index in [2.05, 4.69) is 4.72 Å². The molecule has 0 saturated heterocycles. The lowest BCUT2D eigenvalue weighted by Gasteiger charge is -2.09. The summed E-state index contributed by atoms with van der Waals surface area (Å²) in [6.45, 7) is 3.77. The second-order valence-corrected chi connectivity index (χ2v) is 7.26. The normalized spacial score (nSPS) is 11.4. The molecule has 2 rings (SSSR count). The van der Waals surface area contributed by atoms with E-state index >= 15 is 0 Å². The van der Waals surface area contributed by atoms with Crippen molar-refractivity contribution in [2.24, 2.45) is 0 Å². The highest BCUT2D eigenvalue weighted by Crippen LogP contribution is 2.26. The van der Waals surface area contributed by atoms with E-state index in [9.17, 15) is 8.42 Å². The van der Waals surface area contributed by atoms with Crippen molar-refractivity contribution in [3.05, 3.63) is 40.8 Å². The van der Waals surface area contributed by atoms with Gasteiger partial charge in [-0.25, -0.2) is 8.42 Å². The van der Waals surface area contributed by atoms with Crippen LogP contribution in [0.4, 0.5) is 11.4 Å². The summed E-state index contributed by atoms with van der Waals surface area (Å²) in [6, 6.07) is 8.58. The number of hydrogen-bond donors (Lipinski definition) is 2. The first-order valence-electron chi connectivity index (χ1n) is 5.34. The van der Waals surface area contributed by atoms with Gasteiger partial charge in [0.25, 0.3) is 10.0 Å². The molecule has 1 aromatic carbocycles. The molecule has 0 saturated carbocycles. The summed E-state index contributed by atoms with van der Waals surface area (Å²) >= 11 is 1.23. The Labute approximate surface area is 111 Å². The van der Waals surface area contributed by atoms with Gasteiger partial charge in [-0.3, -0.25) is 4.72 Å². The van der Waals surface area contributed by atoms with Gasteiger partial charge < -0.3 is 5.73 Å². The fourth-order valence-electron chi connectivity index (χ4n) is 1.53. The molecule has 6 heteroatoms. The average molecular weight is 282 g/mol. The number of nitrogen functional groups attached to an aromatic ring is 1. The predicted octanol–water partition coefficient (Wildman–Crippen LogP) is 2.75. The molecule has 3 N–H and O–H groups in total. The minimum atomic E-state index is -3.54. The predicted molar refractivity (Wildman–Crippen MR) is 75.5 cm³/mol. The van der Waals surface area contributed by atoms with Crippen LogP contribution in [-0.4, -0.2) is 8.42 Å². The molecule has 2 aromatic rings. The molecule has 1 aromatic heterocycles. The van der Waals surface area contributed by atoms with E-state index in [0.29, 0.717) is 15.6 Å². The highest BCUT2D eigenvalue weighted by atomic mass is 32.2. The SMILES string of the molecule is Cc1ccc(NS(=O)(=O)c2ccc(C)s2)c(N)c1. The molecule has 18 heavy (non-hydrogen) atoms. The van der Waals surface area contributed by atoms with Gasteiger partial charge in [-0.15, -0.1) is 11.3 Å². The minimum absolute atomic E-state index is 0.292. The smallest absolute Gasteiger partial charge is 0.271 e. The molecule has 96 valence electrons. The zero-order valence-electron chi connectivity index (χ0n) is 10.1. The second-order valence-electron chi connectivity index (χ2n) is 4.06. The van der Waals surface area contributed by atoms with Crippen LogP contribution in [0.5, 0.6) is 0 Å². The Bertz CT molecular complexity index is 675. The molecule has 0 spiro atoms. The maximum Gasteiger partial charge on any atom is 0.271 e. The van der Waals surface area contributed by atoms with Crippen molar-refractivity contribution in [1.82, 2.24) is 0 Å². The van der Waals surface area contributed by atoms with E-state index in [1.807, 2.05) is 19.9 Å². The molecule has 0 bridgehead atoms. The second kappa shape index (κ2) is 4.62. The number of thiophene rings is 1. The number of anilines is 2. The van der Waals surface area contributed by atoms with Crippen LogP contribution in [0.2, 0.25) is 0 Å². The van der Waals surface area contributed by atoms with Crippen molar-refractivity contribution in [3.8, 4) is 0 Å². The molecule has 0 amide bonds. The number of nitrogens with two attached hydrogens (primary N) is 1. The summed E-state index contributed by atoms with van der Waals surface area (Å²) in [4.78, 5) is 0.951. The first-order valence-corrected chi connectivity index (χ1v) is 7.64. The van der Waals surface area contributed by atoms with E-state index in [-0.39, 0.29) is 0 Å². The van der Waals surface area contributed by atoms with E-state index < -0.39 is 10.0 Å². The first-order chi connectivity index (χ1) is 8.38. The summed E-state index contributed by atoms with van der Waals surface area (Å²) in [5.74, 6) is 0. The van der Waals surface area contributed by atoms with E-state index in [4.69, 9.17) is 5.73 Å². The highest BCUT2D eigenvalue weighted by Gasteiger charge is 2.17. The Morgan fingerprint density at radius 2 is 1.89 bits per heavy atom. The van der Waals surface area contributed by atoms with Gasteiger partial charge in [0.05, 0.1) is 11.4 Å². The van der Waals surface area contributed by atoms with Crippen LogP contribution < -0.4 is 10.5 Å². The molecule has 1 heterocycles. The van der Waals surface area contributed by atoms with Crippen molar-refractivity contribution in [1.29, 1.82) is 0 Å². The van der Waals surface area contributed by atoms with Gasteiger partial charge in [0, 0.05) is 4.88 Å². The fourth-order valence-corrected chi connectivity index (χ4v) is 3.90. The number of hydrogen-bond acceptors (Lipinski definition) is 4. The van der Waals surface area contributed by atoms with Crippen molar-refractivity contribution in [3.63, 3.8) is 0 Å². The number of sulfonamides is 1. The maximum absolute atomic E-state index is 12.1. The maximum atomic E-state index is 12.1.